The molecule has 1 N–H and O–H groups in total. The first-order valence-electron chi connectivity index (χ1n) is 9.61. The van der Waals surface area contributed by atoms with Gasteiger partial charge in [-0.1, -0.05) is 11.6 Å². The highest BCUT2D eigenvalue weighted by atomic mass is 35.5. The van der Waals surface area contributed by atoms with Crippen LogP contribution >= 0.6 is 22.9 Å². The highest BCUT2D eigenvalue weighted by Crippen LogP contribution is 2.31. The third-order valence-electron chi connectivity index (χ3n) is 5.38. The normalized spacial score (nSPS) is 20.6. The van der Waals surface area contributed by atoms with Gasteiger partial charge in [-0.05, 0) is 55.3 Å². The summed E-state index contributed by atoms with van der Waals surface area (Å²) in [7, 11) is -3.87. The van der Waals surface area contributed by atoms with Gasteiger partial charge in [-0.15, -0.1) is 11.3 Å². The summed E-state index contributed by atoms with van der Waals surface area (Å²) in [5.74, 6) is -0.411. The van der Waals surface area contributed by atoms with Crippen LogP contribution in [0.2, 0.25) is 4.34 Å². The smallest absolute Gasteiger partial charge is 0.242 e. The zero-order valence-electron chi connectivity index (χ0n) is 15.8. The number of thiophene rings is 1. The lowest BCUT2D eigenvalue weighted by Crippen LogP contribution is -2.54. The molecule has 4 rings (SSSR count). The van der Waals surface area contributed by atoms with E-state index in [1.165, 1.54) is 22.3 Å². The molecule has 2 fully saturated rings. The van der Waals surface area contributed by atoms with Crippen molar-refractivity contribution in [2.75, 3.05) is 26.2 Å². The van der Waals surface area contributed by atoms with Crippen LogP contribution < -0.4 is 4.72 Å². The number of fused-ring (bicyclic) bond motifs is 1. The van der Waals surface area contributed by atoms with Crippen molar-refractivity contribution in [3.05, 3.63) is 28.6 Å². The van der Waals surface area contributed by atoms with E-state index in [0.29, 0.717) is 23.7 Å². The number of hydrogen-bond donors (Lipinski definition) is 1. The minimum absolute atomic E-state index is 0.0103. The molecule has 0 radical (unpaired) electrons. The van der Waals surface area contributed by atoms with E-state index < -0.39 is 16.1 Å². The van der Waals surface area contributed by atoms with Crippen molar-refractivity contribution in [1.82, 2.24) is 14.5 Å². The van der Waals surface area contributed by atoms with Crippen LogP contribution in [0.3, 0.4) is 0 Å². The summed E-state index contributed by atoms with van der Waals surface area (Å²) in [4.78, 5) is 28.5. The zero-order valence-corrected chi connectivity index (χ0v) is 18.2. The highest BCUT2D eigenvalue weighted by molar-refractivity contribution is 7.89. The van der Waals surface area contributed by atoms with E-state index in [9.17, 15) is 18.0 Å². The van der Waals surface area contributed by atoms with Crippen molar-refractivity contribution in [3.8, 4) is 0 Å². The second kappa shape index (κ2) is 8.22. The summed E-state index contributed by atoms with van der Waals surface area (Å²) in [6.45, 7) is 1.93. The number of carbonyl (C=O) groups is 2. The zero-order chi connectivity index (χ0) is 20.6. The first kappa shape index (κ1) is 20.6. The maximum atomic E-state index is 12.8. The molecular weight excluding hydrogens is 434 g/mol. The van der Waals surface area contributed by atoms with Crippen molar-refractivity contribution in [2.24, 2.45) is 0 Å². The Morgan fingerprint density at radius 1 is 1.17 bits per heavy atom. The number of likely N-dealkylation sites (tertiary alicyclic amines) is 2. The van der Waals surface area contributed by atoms with Crippen LogP contribution in [0.5, 0.6) is 0 Å². The van der Waals surface area contributed by atoms with E-state index >= 15 is 0 Å². The Bertz CT molecular complexity index is 1050. The molecule has 2 aromatic rings. The SMILES string of the molecule is O=C(CN1CCCC(NS(=O)(=O)c2ccc3sc(Cl)cc3c2)C1=O)N1CCCC1. The lowest BCUT2D eigenvalue weighted by molar-refractivity contribution is -0.142. The molecule has 2 amide bonds. The molecule has 0 aliphatic carbocycles. The molecular formula is C19H22ClN3O4S2. The Hall–Kier alpha value is -1.68. The van der Waals surface area contributed by atoms with E-state index in [1.54, 1.807) is 23.1 Å². The van der Waals surface area contributed by atoms with E-state index in [-0.39, 0.29) is 23.3 Å². The van der Waals surface area contributed by atoms with Gasteiger partial charge in [-0.3, -0.25) is 9.59 Å². The second-order valence-corrected chi connectivity index (χ2v) is 10.8. The molecule has 156 valence electrons. The molecule has 1 aromatic carbocycles. The Balaban J connectivity index is 1.46. The van der Waals surface area contributed by atoms with Gasteiger partial charge in [0.1, 0.15) is 6.04 Å². The van der Waals surface area contributed by atoms with Gasteiger partial charge in [0, 0.05) is 24.3 Å². The van der Waals surface area contributed by atoms with Gasteiger partial charge in [0.05, 0.1) is 15.8 Å². The van der Waals surface area contributed by atoms with Gasteiger partial charge in [-0.25, -0.2) is 8.42 Å². The molecule has 3 heterocycles. The third-order valence-corrected chi connectivity index (χ3v) is 8.10. The van der Waals surface area contributed by atoms with Crippen molar-refractivity contribution in [2.45, 2.75) is 36.6 Å². The largest absolute Gasteiger partial charge is 0.341 e. The summed E-state index contributed by atoms with van der Waals surface area (Å²) in [6.07, 6.45) is 3.04. The minimum Gasteiger partial charge on any atom is -0.341 e. The van der Waals surface area contributed by atoms with Crippen LogP contribution in [0.1, 0.15) is 25.7 Å². The fraction of sp³-hybridized carbons (Fsp3) is 0.474. The topological polar surface area (TPSA) is 86.8 Å². The van der Waals surface area contributed by atoms with Crippen molar-refractivity contribution < 1.29 is 18.0 Å². The van der Waals surface area contributed by atoms with Gasteiger partial charge in [-0.2, -0.15) is 4.72 Å². The van der Waals surface area contributed by atoms with Gasteiger partial charge >= 0.3 is 0 Å². The van der Waals surface area contributed by atoms with Crippen LogP contribution in [0.4, 0.5) is 0 Å². The molecule has 2 aliphatic heterocycles. The van der Waals surface area contributed by atoms with Gasteiger partial charge in [0.15, 0.2) is 0 Å². The van der Waals surface area contributed by atoms with Crippen molar-refractivity contribution >= 4 is 54.9 Å². The molecule has 0 spiro atoms. The Morgan fingerprint density at radius 2 is 1.93 bits per heavy atom. The first-order valence-corrected chi connectivity index (χ1v) is 12.3. The number of piperidine rings is 1. The quantitative estimate of drug-likeness (QED) is 0.750. The lowest BCUT2D eigenvalue weighted by Gasteiger charge is -2.33. The summed E-state index contributed by atoms with van der Waals surface area (Å²) in [6, 6.07) is 5.64. The van der Waals surface area contributed by atoms with E-state index in [0.717, 1.165) is 36.0 Å². The standard InChI is InChI=1S/C19H22ClN3O4S2/c20-17-11-13-10-14(5-6-16(13)28-17)29(26,27)21-15-4-3-9-23(19(15)25)12-18(24)22-7-1-2-8-22/h5-6,10-11,15,21H,1-4,7-9,12H2. The summed E-state index contributed by atoms with van der Waals surface area (Å²) in [5, 5.41) is 0.746. The number of nitrogens with zero attached hydrogens (tertiary/aromatic N) is 2. The number of nitrogens with one attached hydrogen (secondary N) is 1. The minimum atomic E-state index is -3.87. The van der Waals surface area contributed by atoms with Crippen molar-refractivity contribution in [1.29, 1.82) is 0 Å². The van der Waals surface area contributed by atoms with Gasteiger partial charge in [0.25, 0.3) is 0 Å². The summed E-state index contributed by atoms with van der Waals surface area (Å²) in [5.41, 5.74) is 0. The molecule has 0 saturated carbocycles. The number of halogens is 1. The third kappa shape index (κ3) is 4.42. The fourth-order valence-electron chi connectivity index (χ4n) is 3.85. The van der Waals surface area contributed by atoms with E-state index in [1.807, 2.05) is 0 Å². The number of hydrogen-bond acceptors (Lipinski definition) is 5. The predicted octanol–water partition coefficient (Wildman–Crippen LogP) is 2.45. The van der Waals surface area contributed by atoms with Crippen molar-refractivity contribution in [3.63, 3.8) is 0 Å². The molecule has 2 aliphatic rings. The highest BCUT2D eigenvalue weighted by Gasteiger charge is 2.34. The average Bonchev–Trinajstić information content (AvgIpc) is 3.32. The second-order valence-electron chi connectivity index (χ2n) is 7.41. The molecule has 2 saturated heterocycles. The monoisotopic (exact) mass is 455 g/mol. The maximum absolute atomic E-state index is 12.8. The van der Waals surface area contributed by atoms with Crippen LogP contribution in [-0.2, 0) is 19.6 Å². The van der Waals surface area contributed by atoms with Gasteiger partial charge < -0.3 is 9.80 Å². The Labute approximate surface area is 178 Å². The molecule has 1 aromatic heterocycles. The van der Waals surface area contributed by atoms with Gasteiger partial charge in [0.2, 0.25) is 21.8 Å². The van der Waals surface area contributed by atoms with Crippen LogP contribution in [0.15, 0.2) is 29.2 Å². The number of rotatable bonds is 5. The molecule has 0 bridgehead atoms. The van der Waals surface area contributed by atoms with Crippen LogP contribution in [0, 0.1) is 0 Å². The Kier molecular flexibility index (Phi) is 5.83. The summed E-state index contributed by atoms with van der Waals surface area (Å²) >= 11 is 7.38. The van der Waals surface area contributed by atoms with E-state index in [2.05, 4.69) is 4.72 Å². The number of carbonyl (C=O) groups excluding carboxylic acids is 2. The van der Waals surface area contributed by atoms with Crippen LogP contribution in [-0.4, -0.2) is 62.3 Å². The molecule has 1 atom stereocenters. The number of sulfonamides is 1. The molecule has 7 nitrogen and oxygen atoms in total. The number of amides is 2. The average molecular weight is 456 g/mol. The molecule has 10 heteroatoms. The van der Waals surface area contributed by atoms with E-state index in [4.69, 9.17) is 11.6 Å². The summed E-state index contributed by atoms with van der Waals surface area (Å²) < 4.78 is 29.7. The van der Waals surface area contributed by atoms with Crippen LogP contribution in [0.25, 0.3) is 10.1 Å². The Morgan fingerprint density at radius 3 is 2.69 bits per heavy atom. The first-order chi connectivity index (χ1) is 13.8. The molecule has 29 heavy (non-hydrogen) atoms. The maximum Gasteiger partial charge on any atom is 0.242 e. The number of benzene rings is 1. The predicted molar refractivity (Wildman–Crippen MR) is 113 cm³/mol. The fourth-order valence-corrected chi connectivity index (χ4v) is 6.24. The lowest BCUT2D eigenvalue weighted by atomic mass is 10.1. The molecule has 1 unspecified atom stereocenters.